The van der Waals surface area contributed by atoms with Crippen LogP contribution in [0.4, 0.5) is 4.79 Å². The van der Waals surface area contributed by atoms with Gasteiger partial charge in [-0.2, -0.15) is 0 Å². The van der Waals surface area contributed by atoms with Crippen LogP contribution in [0.15, 0.2) is 30.3 Å². The minimum atomic E-state index is -0.288. The van der Waals surface area contributed by atoms with E-state index in [1.807, 2.05) is 30.3 Å². The summed E-state index contributed by atoms with van der Waals surface area (Å²) in [6.45, 7) is 1.27. The summed E-state index contributed by atoms with van der Waals surface area (Å²) in [6.07, 6.45) is 2.54. The Labute approximate surface area is 125 Å². The first kappa shape index (κ1) is 15.4. The molecule has 0 radical (unpaired) electrons. The molecular weight excluding hydrogens is 268 g/mol. The molecular formula is C16H22N2O3. The lowest BCUT2D eigenvalue weighted by molar-refractivity contribution is -0.122. The lowest BCUT2D eigenvalue weighted by Gasteiger charge is -2.31. The maximum Gasteiger partial charge on any atom is 0.409 e. The minimum absolute atomic E-state index is 0.0790. The number of amides is 2. The molecule has 1 fully saturated rings. The molecule has 0 atom stereocenters. The molecule has 1 aromatic rings. The lowest BCUT2D eigenvalue weighted by atomic mass is 10.0. The highest BCUT2D eigenvalue weighted by Crippen LogP contribution is 2.11. The minimum Gasteiger partial charge on any atom is -0.453 e. The van der Waals surface area contributed by atoms with Crippen molar-refractivity contribution in [2.75, 3.05) is 20.2 Å². The van der Waals surface area contributed by atoms with Crippen molar-refractivity contribution in [3.8, 4) is 0 Å². The molecule has 1 aromatic carbocycles. The number of carbonyl (C=O) groups is 2. The third-order valence-electron chi connectivity index (χ3n) is 3.78. The Kier molecular flexibility index (Phi) is 5.60. The van der Waals surface area contributed by atoms with Crippen molar-refractivity contribution < 1.29 is 14.3 Å². The number of hydrogen-bond donors (Lipinski definition) is 1. The molecule has 0 spiro atoms. The number of piperidine rings is 1. The number of nitrogens with one attached hydrogen (secondary N) is 1. The maximum atomic E-state index is 11.9. The van der Waals surface area contributed by atoms with Gasteiger partial charge in [-0.15, -0.1) is 0 Å². The average Bonchev–Trinajstić information content (AvgIpc) is 2.54. The van der Waals surface area contributed by atoms with Gasteiger partial charge in [0.05, 0.1) is 7.11 Å². The second-order valence-corrected chi connectivity index (χ2v) is 5.28. The van der Waals surface area contributed by atoms with Crippen LogP contribution in [0.5, 0.6) is 0 Å². The molecule has 0 saturated carbocycles. The van der Waals surface area contributed by atoms with E-state index in [-0.39, 0.29) is 18.0 Å². The van der Waals surface area contributed by atoms with Crippen LogP contribution in [-0.2, 0) is 16.0 Å². The molecule has 1 saturated heterocycles. The highest BCUT2D eigenvalue weighted by molar-refractivity contribution is 5.76. The van der Waals surface area contributed by atoms with Crippen molar-refractivity contribution in [1.82, 2.24) is 10.2 Å². The van der Waals surface area contributed by atoms with Gasteiger partial charge < -0.3 is 15.0 Å². The quantitative estimate of drug-likeness (QED) is 0.922. The van der Waals surface area contributed by atoms with E-state index in [9.17, 15) is 9.59 Å². The molecule has 0 bridgehead atoms. The van der Waals surface area contributed by atoms with Crippen molar-refractivity contribution >= 4 is 12.0 Å². The number of hydrogen-bond acceptors (Lipinski definition) is 3. The van der Waals surface area contributed by atoms with Crippen molar-refractivity contribution in [2.24, 2.45) is 0 Å². The molecule has 21 heavy (non-hydrogen) atoms. The van der Waals surface area contributed by atoms with Gasteiger partial charge in [0.1, 0.15) is 0 Å². The van der Waals surface area contributed by atoms with Gasteiger partial charge in [-0.3, -0.25) is 4.79 Å². The normalized spacial score (nSPS) is 15.6. The van der Waals surface area contributed by atoms with Gasteiger partial charge in [0.25, 0.3) is 0 Å². The monoisotopic (exact) mass is 290 g/mol. The summed E-state index contributed by atoms with van der Waals surface area (Å²) in [6, 6.07) is 10.2. The van der Waals surface area contributed by atoms with E-state index >= 15 is 0 Å². The second-order valence-electron chi connectivity index (χ2n) is 5.28. The van der Waals surface area contributed by atoms with Crippen molar-refractivity contribution in [3.63, 3.8) is 0 Å². The second kappa shape index (κ2) is 7.67. The predicted octanol–water partition coefficient (Wildman–Crippen LogP) is 1.97. The molecule has 2 rings (SSSR count). The Bertz CT molecular complexity index is 468. The fourth-order valence-corrected chi connectivity index (χ4v) is 2.54. The summed E-state index contributed by atoms with van der Waals surface area (Å²) in [5.74, 6) is 0.0790. The van der Waals surface area contributed by atoms with Gasteiger partial charge in [-0.25, -0.2) is 4.79 Å². The first-order valence-electron chi connectivity index (χ1n) is 7.35. The molecule has 0 unspecified atom stereocenters. The van der Waals surface area contributed by atoms with E-state index in [0.717, 1.165) is 19.3 Å². The Hall–Kier alpha value is -2.04. The van der Waals surface area contributed by atoms with Gasteiger partial charge in [0.2, 0.25) is 5.91 Å². The SMILES string of the molecule is COC(=O)N1CCC(NC(=O)CCc2ccccc2)CC1. The average molecular weight is 290 g/mol. The van der Waals surface area contributed by atoms with Gasteiger partial charge in [-0.05, 0) is 24.8 Å². The predicted molar refractivity (Wildman–Crippen MR) is 79.9 cm³/mol. The largest absolute Gasteiger partial charge is 0.453 e. The number of methoxy groups -OCH3 is 1. The van der Waals surface area contributed by atoms with E-state index in [1.165, 1.54) is 12.7 Å². The number of likely N-dealkylation sites (tertiary alicyclic amines) is 1. The number of nitrogens with zero attached hydrogens (tertiary/aromatic N) is 1. The van der Waals surface area contributed by atoms with E-state index in [0.29, 0.717) is 19.5 Å². The molecule has 0 aliphatic carbocycles. The summed E-state index contributed by atoms with van der Waals surface area (Å²) in [4.78, 5) is 25.0. The summed E-state index contributed by atoms with van der Waals surface area (Å²) < 4.78 is 4.69. The van der Waals surface area contributed by atoms with Crippen LogP contribution in [0.1, 0.15) is 24.8 Å². The molecule has 0 aromatic heterocycles. The van der Waals surface area contributed by atoms with Gasteiger partial charge >= 0.3 is 6.09 Å². The zero-order valence-electron chi connectivity index (χ0n) is 12.4. The first-order chi connectivity index (χ1) is 10.2. The Balaban J connectivity index is 1.68. The van der Waals surface area contributed by atoms with Gasteiger partial charge in [0, 0.05) is 25.6 Å². The third kappa shape index (κ3) is 4.77. The Morgan fingerprint density at radius 2 is 1.90 bits per heavy atom. The highest BCUT2D eigenvalue weighted by Gasteiger charge is 2.23. The molecule has 1 aliphatic heterocycles. The Morgan fingerprint density at radius 1 is 1.24 bits per heavy atom. The fourth-order valence-electron chi connectivity index (χ4n) is 2.54. The van der Waals surface area contributed by atoms with Gasteiger partial charge in [-0.1, -0.05) is 30.3 Å². The summed E-state index contributed by atoms with van der Waals surface area (Å²) in [5, 5.41) is 3.05. The molecule has 1 N–H and O–H groups in total. The van der Waals surface area contributed by atoms with Crippen LogP contribution in [0.25, 0.3) is 0 Å². The summed E-state index contributed by atoms with van der Waals surface area (Å²) in [7, 11) is 1.39. The van der Waals surface area contributed by atoms with E-state index < -0.39 is 0 Å². The number of ether oxygens (including phenoxy) is 1. The fraction of sp³-hybridized carbons (Fsp3) is 0.500. The van der Waals surface area contributed by atoms with Crippen molar-refractivity contribution in [3.05, 3.63) is 35.9 Å². The van der Waals surface area contributed by atoms with E-state index in [4.69, 9.17) is 4.74 Å². The maximum absolute atomic E-state index is 11.9. The number of carbonyl (C=O) groups excluding carboxylic acids is 2. The zero-order chi connectivity index (χ0) is 15.1. The topological polar surface area (TPSA) is 58.6 Å². The molecule has 1 aliphatic rings. The van der Waals surface area contributed by atoms with Crippen LogP contribution in [-0.4, -0.2) is 43.1 Å². The lowest BCUT2D eigenvalue weighted by Crippen LogP contribution is -2.46. The molecule has 5 heteroatoms. The van der Waals surface area contributed by atoms with Crippen molar-refractivity contribution in [1.29, 1.82) is 0 Å². The summed E-state index contributed by atoms with van der Waals surface area (Å²) >= 11 is 0. The standard InChI is InChI=1S/C16H22N2O3/c1-21-16(20)18-11-9-14(10-12-18)17-15(19)8-7-13-5-3-2-4-6-13/h2-6,14H,7-12H2,1H3,(H,17,19). The van der Waals surface area contributed by atoms with Crippen LogP contribution >= 0.6 is 0 Å². The van der Waals surface area contributed by atoms with E-state index in [2.05, 4.69) is 5.32 Å². The van der Waals surface area contributed by atoms with Crippen LogP contribution in [0, 0.1) is 0 Å². The molecule has 5 nitrogen and oxygen atoms in total. The van der Waals surface area contributed by atoms with Crippen LogP contribution in [0.2, 0.25) is 0 Å². The highest BCUT2D eigenvalue weighted by atomic mass is 16.5. The van der Waals surface area contributed by atoms with Gasteiger partial charge in [0.15, 0.2) is 0 Å². The molecule has 114 valence electrons. The smallest absolute Gasteiger partial charge is 0.409 e. The first-order valence-corrected chi connectivity index (χ1v) is 7.35. The van der Waals surface area contributed by atoms with Crippen LogP contribution in [0.3, 0.4) is 0 Å². The summed E-state index contributed by atoms with van der Waals surface area (Å²) in [5.41, 5.74) is 1.17. The zero-order valence-corrected chi connectivity index (χ0v) is 12.4. The third-order valence-corrected chi connectivity index (χ3v) is 3.78. The number of rotatable bonds is 4. The molecule has 2 amide bonds. The number of aryl methyl sites for hydroxylation is 1. The van der Waals surface area contributed by atoms with E-state index in [1.54, 1.807) is 4.90 Å². The van der Waals surface area contributed by atoms with Crippen molar-refractivity contribution in [2.45, 2.75) is 31.7 Å². The molecule has 1 heterocycles. The van der Waals surface area contributed by atoms with Crippen LogP contribution < -0.4 is 5.32 Å². The Morgan fingerprint density at radius 3 is 2.52 bits per heavy atom. The number of benzene rings is 1.